The van der Waals surface area contributed by atoms with Gasteiger partial charge in [0.05, 0.1) is 25.2 Å². The highest BCUT2D eigenvalue weighted by Crippen LogP contribution is 2.57. The van der Waals surface area contributed by atoms with Crippen LogP contribution in [0, 0.1) is 18.3 Å². The number of nitriles is 1. The van der Waals surface area contributed by atoms with Gasteiger partial charge in [-0.3, -0.25) is 0 Å². The molecule has 0 fully saturated rings. The van der Waals surface area contributed by atoms with Crippen molar-refractivity contribution < 1.29 is 9.05 Å². The molecule has 0 amide bonds. The molecule has 0 radical (unpaired) electrons. The van der Waals surface area contributed by atoms with Crippen molar-refractivity contribution >= 4 is 19.0 Å². The van der Waals surface area contributed by atoms with Crippen molar-refractivity contribution in [3.05, 3.63) is 29.8 Å². The minimum Gasteiger partial charge on any atom is -0.325 e. The van der Waals surface area contributed by atoms with Gasteiger partial charge in [-0.1, -0.05) is 18.2 Å². The van der Waals surface area contributed by atoms with Gasteiger partial charge in [0.25, 0.3) is 0 Å². The van der Waals surface area contributed by atoms with Crippen molar-refractivity contribution in [2.45, 2.75) is 38.2 Å². The standard InChI is InChI=1S/C13H18NO2PS/c1-11(2)16-17(15-10-6-9-14)18-13-8-5-4-7-12(13)3/h4-5,7-8,11H,6,10H2,1-3H3. The number of hydrogen-bond donors (Lipinski definition) is 0. The summed E-state index contributed by atoms with van der Waals surface area (Å²) in [7, 11) is -1.04. The first kappa shape index (κ1) is 15.5. The molecule has 98 valence electrons. The number of benzene rings is 1. The van der Waals surface area contributed by atoms with Gasteiger partial charge in [0, 0.05) is 4.90 Å². The van der Waals surface area contributed by atoms with E-state index < -0.39 is 7.58 Å². The molecule has 0 aromatic heterocycles. The molecule has 0 aliphatic heterocycles. The second-order valence-electron chi connectivity index (χ2n) is 3.98. The molecular formula is C13H18NO2PS. The predicted molar refractivity (Wildman–Crippen MR) is 76.4 cm³/mol. The van der Waals surface area contributed by atoms with Gasteiger partial charge in [0.1, 0.15) is 0 Å². The molecule has 1 atom stereocenters. The van der Waals surface area contributed by atoms with E-state index in [2.05, 4.69) is 25.1 Å². The maximum absolute atomic E-state index is 8.52. The third-order valence-corrected chi connectivity index (χ3v) is 5.38. The zero-order valence-electron chi connectivity index (χ0n) is 10.9. The molecule has 1 aromatic rings. The first-order chi connectivity index (χ1) is 8.63. The SMILES string of the molecule is Cc1ccccc1SP(OCCC#N)OC(C)C. The zero-order valence-corrected chi connectivity index (χ0v) is 12.6. The minimum absolute atomic E-state index is 0.120. The highest BCUT2D eigenvalue weighted by atomic mass is 32.7. The molecule has 1 unspecified atom stereocenters. The van der Waals surface area contributed by atoms with E-state index in [0.29, 0.717) is 13.0 Å². The Morgan fingerprint density at radius 1 is 1.39 bits per heavy atom. The van der Waals surface area contributed by atoms with Gasteiger partial charge in [-0.05, 0) is 43.8 Å². The summed E-state index contributed by atoms with van der Waals surface area (Å²) in [6, 6.07) is 10.2. The maximum Gasteiger partial charge on any atom is 0.243 e. The Kier molecular flexibility index (Phi) is 7.31. The molecule has 0 saturated carbocycles. The molecular weight excluding hydrogens is 265 g/mol. The Balaban J connectivity index is 2.60. The molecule has 0 N–H and O–H groups in total. The lowest BCUT2D eigenvalue weighted by Gasteiger charge is -2.18. The first-order valence-electron chi connectivity index (χ1n) is 5.84. The van der Waals surface area contributed by atoms with Crippen LogP contribution >= 0.6 is 19.0 Å². The molecule has 1 rings (SSSR count). The lowest BCUT2D eigenvalue weighted by molar-refractivity contribution is 0.219. The highest BCUT2D eigenvalue weighted by molar-refractivity contribution is 8.52. The molecule has 18 heavy (non-hydrogen) atoms. The van der Waals surface area contributed by atoms with Crippen molar-refractivity contribution in [2.24, 2.45) is 0 Å². The van der Waals surface area contributed by atoms with Gasteiger partial charge in [-0.2, -0.15) is 5.26 Å². The van der Waals surface area contributed by atoms with Gasteiger partial charge in [0.15, 0.2) is 0 Å². The normalized spacial score (nSPS) is 12.4. The van der Waals surface area contributed by atoms with Crippen LogP contribution in [-0.2, 0) is 9.05 Å². The number of nitrogens with zero attached hydrogens (tertiary/aromatic N) is 1. The lowest BCUT2D eigenvalue weighted by atomic mass is 10.2. The van der Waals surface area contributed by atoms with Gasteiger partial charge < -0.3 is 9.05 Å². The zero-order chi connectivity index (χ0) is 13.4. The summed E-state index contributed by atoms with van der Waals surface area (Å²) in [4.78, 5) is 1.17. The first-order valence-corrected chi connectivity index (χ1v) is 8.43. The van der Waals surface area contributed by atoms with E-state index in [1.807, 2.05) is 26.0 Å². The van der Waals surface area contributed by atoms with Crippen molar-refractivity contribution in [1.82, 2.24) is 0 Å². The number of rotatable bonds is 7. The highest BCUT2D eigenvalue weighted by Gasteiger charge is 2.16. The van der Waals surface area contributed by atoms with Gasteiger partial charge in [-0.15, -0.1) is 0 Å². The Morgan fingerprint density at radius 2 is 2.11 bits per heavy atom. The van der Waals surface area contributed by atoms with Crippen LogP contribution in [0.4, 0.5) is 0 Å². The number of hydrogen-bond acceptors (Lipinski definition) is 4. The molecule has 3 nitrogen and oxygen atoms in total. The summed E-state index contributed by atoms with van der Waals surface area (Å²) in [6.45, 7) is 6.47. The van der Waals surface area contributed by atoms with Crippen LogP contribution in [0.2, 0.25) is 0 Å². The molecule has 0 aliphatic rings. The van der Waals surface area contributed by atoms with Crippen LogP contribution in [0.15, 0.2) is 29.2 Å². The van der Waals surface area contributed by atoms with E-state index in [-0.39, 0.29) is 6.10 Å². The minimum atomic E-state index is -1.04. The third-order valence-electron chi connectivity index (χ3n) is 1.97. The monoisotopic (exact) mass is 283 g/mol. The maximum atomic E-state index is 8.52. The van der Waals surface area contributed by atoms with Crippen LogP contribution in [0.25, 0.3) is 0 Å². The van der Waals surface area contributed by atoms with Crippen molar-refractivity contribution in [3.63, 3.8) is 0 Å². The summed E-state index contributed by atoms with van der Waals surface area (Å²) < 4.78 is 11.4. The van der Waals surface area contributed by atoms with Crippen LogP contribution < -0.4 is 0 Å². The topological polar surface area (TPSA) is 42.2 Å². The summed E-state index contributed by atoms with van der Waals surface area (Å²) in [6.07, 6.45) is 0.518. The van der Waals surface area contributed by atoms with Crippen LogP contribution in [0.5, 0.6) is 0 Å². The van der Waals surface area contributed by atoms with Crippen LogP contribution in [0.1, 0.15) is 25.8 Å². The van der Waals surface area contributed by atoms with E-state index >= 15 is 0 Å². The van der Waals surface area contributed by atoms with Crippen LogP contribution in [-0.4, -0.2) is 12.7 Å². The van der Waals surface area contributed by atoms with Crippen molar-refractivity contribution in [2.75, 3.05) is 6.61 Å². The fraction of sp³-hybridized carbons (Fsp3) is 0.462. The molecule has 0 bridgehead atoms. The Bertz CT molecular complexity index is 406. The molecule has 0 saturated heterocycles. The van der Waals surface area contributed by atoms with E-state index in [0.717, 1.165) is 0 Å². The Labute approximate surface area is 114 Å². The predicted octanol–water partition coefficient (Wildman–Crippen LogP) is 4.67. The second kappa shape index (κ2) is 8.50. The summed E-state index contributed by atoms with van der Waals surface area (Å²) in [5.41, 5.74) is 1.21. The lowest BCUT2D eigenvalue weighted by Crippen LogP contribution is -1.99. The van der Waals surface area contributed by atoms with E-state index in [1.54, 1.807) is 11.4 Å². The average molecular weight is 283 g/mol. The summed E-state index contributed by atoms with van der Waals surface area (Å²) in [5.74, 6) is 0. The van der Waals surface area contributed by atoms with E-state index in [1.165, 1.54) is 10.5 Å². The average Bonchev–Trinajstić information content (AvgIpc) is 2.31. The van der Waals surface area contributed by atoms with Gasteiger partial charge in [-0.25, -0.2) is 0 Å². The smallest absolute Gasteiger partial charge is 0.243 e. The number of aryl methyl sites for hydroxylation is 1. The van der Waals surface area contributed by atoms with E-state index in [9.17, 15) is 0 Å². The second-order valence-corrected chi connectivity index (χ2v) is 6.96. The Hall–Kier alpha value is -0.590. The summed E-state index contributed by atoms with van der Waals surface area (Å²) in [5, 5.41) is 8.52. The van der Waals surface area contributed by atoms with Gasteiger partial charge >= 0.3 is 0 Å². The fourth-order valence-electron chi connectivity index (χ4n) is 1.16. The third kappa shape index (κ3) is 5.84. The molecule has 1 aromatic carbocycles. The van der Waals surface area contributed by atoms with Crippen LogP contribution in [0.3, 0.4) is 0 Å². The molecule has 0 aliphatic carbocycles. The molecule has 0 spiro atoms. The molecule has 0 heterocycles. The van der Waals surface area contributed by atoms with Crippen molar-refractivity contribution in [1.29, 1.82) is 5.26 Å². The largest absolute Gasteiger partial charge is 0.325 e. The Morgan fingerprint density at radius 3 is 2.72 bits per heavy atom. The van der Waals surface area contributed by atoms with Gasteiger partial charge in [0.2, 0.25) is 7.58 Å². The van der Waals surface area contributed by atoms with Crippen molar-refractivity contribution in [3.8, 4) is 6.07 Å². The van der Waals surface area contributed by atoms with E-state index in [4.69, 9.17) is 14.3 Å². The fourth-order valence-corrected chi connectivity index (χ4v) is 4.53. The summed E-state index contributed by atoms with van der Waals surface area (Å²) >= 11 is 1.61. The molecule has 5 heteroatoms. The quantitative estimate of drug-likeness (QED) is 0.538.